The SMILES string of the molecule is C[C@@H]1CN[C@@H](CCNC(=O)CC(CC([NH])=O)[C@@H](C)[C@@H](C)C[C@H](C)C(=O)c2cccc(N=C(N)N)c2)CN[C@@H]2CCCC[C@H]2NCCN[C@@H](C)CN1. The van der Waals surface area contributed by atoms with Gasteiger partial charge in [-0.1, -0.05) is 45.7 Å². The number of hydrogen-bond donors (Lipinski definition) is 8. The van der Waals surface area contributed by atoms with Crippen molar-refractivity contribution in [1.29, 1.82) is 0 Å². The molecule has 0 spiro atoms. The minimum Gasteiger partial charge on any atom is -0.370 e. The van der Waals surface area contributed by atoms with Gasteiger partial charge in [-0.3, -0.25) is 20.1 Å². The molecule has 287 valence electrons. The lowest BCUT2D eigenvalue weighted by molar-refractivity contribution is -0.124. The van der Waals surface area contributed by atoms with E-state index in [4.69, 9.17) is 17.2 Å². The van der Waals surface area contributed by atoms with Gasteiger partial charge in [-0.2, -0.15) is 0 Å². The molecular weight excluding hydrogens is 644 g/mol. The van der Waals surface area contributed by atoms with Gasteiger partial charge < -0.3 is 43.4 Å². The summed E-state index contributed by atoms with van der Waals surface area (Å²) in [4.78, 5) is 42.6. The fourth-order valence-electron chi connectivity index (χ4n) is 7.52. The Kier molecular flexibility index (Phi) is 18.3. The predicted molar refractivity (Wildman–Crippen MR) is 206 cm³/mol. The summed E-state index contributed by atoms with van der Waals surface area (Å²) in [5.74, 6) is -1.48. The summed E-state index contributed by atoms with van der Waals surface area (Å²) in [7, 11) is 0. The first kappa shape index (κ1) is 42.3. The van der Waals surface area contributed by atoms with Crippen molar-refractivity contribution in [2.75, 3.05) is 39.3 Å². The van der Waals surface area contributed by atoms with Crippen molar-refractivity contribution in [2.45, 2.75) is 116 Å². The molecular formula is C38H67N10O3. The molecule has 0 bridgehead atoms. The Morgan fingerprint density at radius 1 is 0.902 bits per heavy atom. The minimum absolute atomic E-state index is 0.00549. The van der Waals surface area contributed by atoms with Crippen molar-refractivity contribution in [3.63, 3.8) is 0 Å². The molecule has 3 rings (SSSR count). The van der Waals surface area contributed by atoms with Crippen molar-refractivity contribution in [3.8, 4) is 0 Å². The number of carbonyl (C=O) groups excluding carboxylic acids is 3. The number of nitrogens with zero attached hydrogens (tertiary/aromatic N) is 1. The van der Waals surface area contributed by atoms with E-state index >= 15 is 0 Å². The highest BCUT2D eigenvalue weighted by Gasteiger charge is 2.30. The summed E-state index contributed by atoms with van der Waals surface area (Å²) >= 11 is 0. The molecule has 1 heterocycles. The number of carbonyl (C=O) groups is 3. The second kappa shape index (κ2) is 22.1. The van der Waals surface area contributed by atoms with Gasteiger partial charge in [0.1, 0.15) is 0 Å². The van der Waals surface area contributed by atoms with Gasteiger partial charge in [0.15, 0.2) is 11.7 Å². The number of nitrogens with two attached hydrogens (primary N) is 2. The second-order valence-corrected chi connectivity index (χ2v) is 15.3. The Morgan fingerprint density at radius 2 is 1.57 bits per heavy atom. The van der Waals surface area contributed by atoms with Crippen LogP contribution >= 0.6 is 0 Å². The fraction of sp³-hybridized carbons (Fsp3) is 0.737. The van der Waals surface area contributed by atoms with Crippen LogP contribution in [-0.2, 0) is 9.59 Å². The minimum atomic E-state index is -0.679. The topological polar surface area (TPSA) is 212 Å². The molecule has 13 heteroatoms. The van der Waals surface area contributed by atoms with Crippen LogP contribution in [0.1, 0.15) is 96.3 Å². The number of amides is 2. The quantitative estimate of drug-likeness (QED) is 0.0801. The molecule has 1 saturated carbocycles. The predicted octanol–water partition coefficient (Wildman–Crippen LogP) is 2.20. The van der Waals surface area contributed by atoms with E-state index in [1.807, 2.05) is 13.8 Å². The monoisotopic (exact) mass is 712 g/mol. The van der Waals surface area contributed by atoms with Gasteiger partial charge in [0, 0.05) is 93.8 Å². The van der Waals surface area contributed by atoms with Crippen LogP contribution in [-0.4, -0.2) is 93.0 Å². The highest BCUT2D eigenvalue weighted by molar-refractivity contribution is 5.98. The molecule has 2 aliphatic rings. The van der Waals surface area contributed by atoms with Gasteiger partial charge in [0.2, 0.25) is 11.8 Å². The molecule has 1 aliphatic heterocycles. The standard InChI is InChI=1S/C38H67N10O3/c1-24(17-25(2)37(51)29-9-8-10-31(18-29)48-38(40)41)28(5)30(19-35(39)49)20-36(50)44-14-13-32-23-47-34-12-7-6-11-33(34)43-16-15-42-26(3)21-45-27(4)22-46-32/h8-10,18,24-28,30,32-34,39,42-43,45-47H,6-7,11-17,19-23H2,1-5H3,(H,44,50)(H4,40,41,48)/t24-,25-,26-,27+,28-,30?,32-,33+,34+/m0/s1. The molecule has 1 radical (unpaired) electrons. The molecule has 1 unspecified atom stereocenters. The van der Waals surface area contributed by atoms with Gasteiger partial charge in [-0.05, 0) is 69.4 Å². The van der Waals surface area contributed by atoms with E-state index in [9.17, 15) is 14.4 Å². The normalized spacial score (nSPS) is 26.2. The van der Waals surface area contributed by atoms with Crippen LogP contribution in [0.15, 0.2) is 29.3 Å². The molecule has 1 aliphatic carbocycles. The van der Waals surface area contributed by atoms with E-state index in [1.54, 1.807) is 24.3 Å². The highest BCUT2D eigenvalue weighted by Crippen LogP contribution is 2.32. The van der Waals surface area contributed by atoms with Gasteiger partial charge in [0.25, 0.3) is 0 Å². The first-order valence-corrected chi connectivity index (χ1v) is 19.2. The van der Waals surface area contributed by atoms with E-state index in [1.165, 1.54) is 19.3 Å². The highest BCUT2D eigenvalue weighted by atomic mass is 16.2. The number of rotatable bonds is 14. The number of fused-ring (bicyclic) bond motifs is 1. The van der Waals surface area contributed by atoms with E-state index in [2.05, 4.69) is 57.7 Å². The average molecular weight is 712 g/mol. The van der Waals surface area contributed by atoms with Crippen LogP contribution in [0.4, 0.5) is 5.69 Å². The third-order valence-electron chi connectivity index (χ3n) is 10.8. The van der Waals surface area contributed by atoms with Gasteiger partial charge >= 0.3 is 0 Å². The lowest BCUT2D eigenvalue weighted by Crippen LogP contribution is -2.54. The molecule has 51 heavy (non-hydrogen) atoms. The maximum Gasteiger partial charge on any atom is 0.238 e. The molecule has 11 N–H and O–H groups in total. The second-order valence-electron chi connectivity index (χ2n) is 15.3. The van der Waals surface area contributed by atoms with Crippen LogP contribution in [0.25, 0.3) is 0 Å². The third kappa shape index (κ3) is 15.6. The molecule has 2 fully saturated rings. The summed E-state index contributed by atoms with van der Waals surface area (Å²) in [5, 5.41) is 21.7. The third-order valence-corrected chi connectivity index (χ3v) is 10.8. The molecule has 9 atom stereocenters. The Balaban J connectivity index is 1.56. The number of guanidine groups is 1. The summed E-state index contributed by atoms with van der Waals surface area (Å²) in [6.45, 7) is 15.3. The molecule has 1 aromatic rings. The van der Waals surface area contributed by atoms with Gasteiger partial charge in [0.05, 0.1) is 5.69 Å². The number of ketones is 1. The summed E-state index contributed by atoms with van der Waals surface area (Å²) < 4.78 is 0. The Bertz CT molecular complexity index is 1260. The number of Topliss-reactive ketones (excluding diaryl/α,β-unsaturated/α-hetero) is 1. The first-order chi connectivity index (χ1) is 24.3. The van der Waals surface area contributed by atoms with Crippen molar-refractivity contribution in [3.05, 3.63) is 29.8 Å². The van der Waals surface area contributed by atoms with Crippen molar-refractivity contribution < 1.29 is 14.4 Å². The maximum atomic E-state index is 13.3. The fourth-order valence-corrected chi connectivity index (χ4v) is 7.52. The van der Waals surface area contributed by atoms with E-state index in [0.717, 1.165) is 45.6 Å². The van der Waals surface area contributed by atoms with E-state index < -0.39 is 5.91 Å². The van der Waals surface area contributed by atoms with Crippen LogP contribution in [0.2, 0.25) is 0 Å². The Hall–Kier alpha value is -3.10. The Morgan fingerprint density at radius 3 is 2.27 bits per heavy atom. The molecule has 1 aromatic carbocycles. The number of nitrogens with one attached hydrogen (secondary N) is 7. The van der Waals surface area contributed by atoms with Crippen LogP contribution in [0.3, 0.4) is 0 Å². The molecule has 0 aromatic heterocycles. The van der Waals surface area contributed by atoms with E-state index in [0.29, 0.717) is 48.4 Å². The summed E-state index contributed by atoms with van der Waals surface area (Å²) in [6, 6.07) is 8.67. The van der Waals surface area contributed by atoms with Crippen molar-refractivity contribution in [1.82, 2.24) is 37.6 Å². The lowest BCUT2D eigenvalue weighted by Gasteiger charge is -2.34. The van der Waals surface area contributed by atoms with Crippen molar-refractivity contribution in [2.24, 2.45) is 40.1 Å². The zero-order chi connectivity index (χ0) is 37.3. The van der Waals surface area contributed by atoms with E-state index in [-0.39, 0.29) is 60.2 Å². The summed E-state index contributed by atoms with van der Waals surface area (Å²) in [6.07, 6.45) is 6.36. The number of hydrogen-bond acceptors (Lipinski definition) is 9. The maximum absolute atomic E-state index is 13.3. The largest absolute Gasteiger partial charge is 0.370 e. The zero-order valence-corrected chi connectivity index (χ0v) is 31.7. The lowest BCUT2D eigenvalue weighted by atomic mass is 9.75. The van der Waals surface area contributed by atoms with Gasteiger partial charge in [-0.15, -0.1) is 0 Å². The van der Waals surface area contributed by atoms with Crippen LogP contribution < -0.4 is 49.1 Å². The molecule has 13 nitrogen and oxygen atoms in total. The molecule has 2 amide bonds. The molecule has 1 saturated heterocycles. The zero-order valence-electron chi connectivity index (χ0n) is 31.7. The summed E-state index contributed by atoms with van der Waals surface area (Å²) in [5.41, 5.74) is 19.8. The van der Waals surface area contributed by atoms with Crippen LogP contribution in [0.5, 0.6) is 0 Å². The van der Waals surface area contributed by atoms with Crippen molar-refractivity contribution >= 4 is 29.2 Å². The van der Waals surface area contributed by atoms with Crippen LogP contribution in [0, 0.1) is 23.7 Å². The smallest absolute Gasteiger partial charge is 0.238 e. The first-order valence-electron chi connectivity index (χ1n) is 19.2. The number of aliphatic imine (C=N–C) groups is 1. The van der Waals surface area contributed by atoms with Gasteiger partial charge in [-0.25, -0.2) is 4.99 Å². The average Bonchev–Trinajstić information content (AvgIpc) is 3.09. The number of benzene rings is 1. The Labute approximate surface area is 306 Å².